The Morgan fingerprint density at radius 3 is 2.19 bits per heavy atom. The highest BCUT2D eigenvalue weighted by molar-refractivity contribution is 7.04. The van der Waals surface area contributed by atoms with Crippen LogP contribution in [0.15, 0.2) is 46.6 Å². The smallest absolute Gasteiger partial charge is 0.199 e. The third kappa shape index (κ3) is 2.71. The number of nitrogens with zero attached hydrogens (tertiary/aromatic N) is 3. The molecule has 0 amide bonds. The van der Waals surface area contributed by atoms with E-state index in [0.29, 0.717) is 11.1 Å². The highest BCUT2D eigenvalue weighted by Crippen LogP contribution is 2.44. The Bertz CT molecular complexity index is 842. The first-order chi connectivity index (χ1) is 12.2. The Balaban J connectivity index is 2.39. The highest BCUT2D eigenvalue weighted by atomic mass is 28.3. The second kappa shape index (κ2) is 6.65. The van der Waals surface area contributed by atoms with Crippen LogP contribution in [0.5, 0.6) is 0 Å². The van der Waals surface area contributed by atoms with Gasteiger partial charge in [0.15, 0.2) is 5.71 Å². The fraction of sp³-hybridized carbons (Fsp3) is 0.455. The molecule has 0 bridgehead atoms. The number of allylic oxidation sites excluding steroid dienone is 4. The zero-order valence-corrected chi connectivity index (χ0v) is 18.5. The molecule has 1 aliphatic heterocycles. The van der Waals surface area contributed by atoms with Crippen LogP contribution in [0.2, 0.25) is 11.1 Å². The van der Waals surface area contributed by atoms with E-state index in [9.17, 15) is 0 Å². The number of aliphatic imine (C=N–C) groups is 1. The molecule has 26 heavy (non-hydrogen) atoms. The molecule has 0 fully saturated rings. The summed E-state index contributed by atoms with van der Waals surface area (Å²) in [7, 11) is 6.49. The first-order valence-corrected chi connectivity index (χ1v) is 11.7. The van der Waals surface area contributed by atoms with Gasteiger partial charge in [0, 0.05) is 31.9 Å². The molecule has 0 atom stereocenters. The molecule has 0 spiro atoms. The molecule has 4 heteroatoms. The number of benzene rings is 1. The highest BCUT2D eigenvalue weighted by Gasteiger charge is 2.50. The lowest BCUT2D eigenvalue weighted by Gasteiger charge is -2.45. The summed E-state index contributed by atoms with van der Waals surface area (Å²) in [5.74, 6) is 0. The van der Waals surface area contributed by atoms with E-state index in [1.54, 1.807) is 0 Å². The molecule has 1 aromatic rings. The van der Waals surface area contributed by atoms with Gasteiger partial charge in [0.05, 0.1) is 11.4 Å². The van der Waals surface area contributed by atoms with Gasteiger partial charge in [0.25, 0.3) is 0 Å². The molecule has 138 valence electrons. The molecule has 3 rings (SSSR count). The van der Waals surface area contributed by atoms with Crippen molar-refractivity contribution >= 4 is 36.1 Å². The van der Waals surface area contributed by atoms with Crippen molar-refractivity contribution in [3.8, 4) is 0 Å². The van der Waals surface area contributed by atoms with Gasteiger partial charge in [0.1, 0.15) is 22.2 Å². The molecule has 0 unspecified atom stereocenters. The number of hydrogen-bond acceptors (Lipinski definition) is 2. The number of hydrogen-bond donors (Lipinski definition) is 0. The summed E-state index contributed by atoms with van der Waals surface area (Å²) in [5.41, 5.74) is 6.09. The molecule has 3 nitrogen and oxygen atoms in total. The Morgan fingerprint density at radius 1 is 1.00 bits per heavy atom. The van der Waals surface area contributed by atoms with E-state index in [2.05, 4.69) is 102 Å². The Morgan fingerprint density at radius 2 is 1.65 bits per heavy atom. The Hall–Kier alpha value is -1.94. The maximum atomic E-state index is 5.07. The molecule has 0 N–H and O–H groups in total. The van der Waals surface area contributed by atoms with Gasteiger partial charge in [-0.25, -0.2) is 9.57 Å². The van der Waals surface area contributed by atoms with E-state index in [-0.39, 0.29) is 0 Å². The van der Waals surface area contributed by atoms with Crippen LogP contribution >= 0.6 is 0 Å². The normalized spacial score (nSPS) is 17.7. The van der Waals surface area contributed by atoms with Crippen LogP contribution in [0.4, 0.5) is 11.4 Å². The summed E-state index contributed by atoms with van der Waals surface area (Å²) in [5, 5.41) is 2.99. The summed E-state index contributed by atoms with van der Waals surface area (Å²) < 4.78 is 2.20. The van der Waals surface area contributed by atoms with E-state index in [1.165, 1.54) is 33.2 Å². The van der Waals surface area contributed by atoms with E-state index in [1.807, 2.05) is 0 Å². The Labute approximate surface area is 159 Å². The van der Waals surface area contributed by atoms with Crippen molar-refractivity contribution in [1.29, 1.82) is 0 Å². The minimum atomic E-state index is -1.98. The van der Waals surface area contributed by atoms with Crippen molar-refractivity contribution < 1.29 is 4.58 Å². The standard InChI is InChI=1S/C22H32N3Si/c1-15(2)26(16(3)4)21-13-17(24(5)6)9-11-19(21)23-20-12-10-18(25(7)8)14-22(20)26/h9-16H,1-8H3/q+1. The minimum Gasteiger partial charge on any atom is -0.378 e. The molecular weight excluding hydrogens is 334 g/mol. The fourth-order valence-electron chi connectivity index (χ4n) is 4.65. The minimum absolute atomic E-state index is 0.602. The molecule has 0 saturated carbocycles. The number of anilines is 1. The third-order valence-electron chi connectivity index (χ3n) is 5.95. The van der Waals surface area contributed by atoms with Gasteiger partial charge in [-0.15, -0.1) is 0 Å². The molecule has 0 radical (unpaired) electrons. The average Bonchev–Trinajstić information content (AvgIpc) is 2.57. The zero-order chi connectivity index (χ0) is 19.2. The van der Waals surface area contributed by atoms with Crippen LogP contribution in [-0.4, -0.2) is 52.3 Å². The van der Waals surface area contributed by atoms with Crippen LogP contribution in [0.25, 0.3) is 0 Å². The topological polar surface area (TPSA) is 18.6 Å². The average molecular weight is 367 g/mol. The van der Waals surface area contributed by atoms with Crippen LogP contribution in [0.1, 0.15) is 27.7 Å². The Kier molecular flexibility index (Phi) is 4.82. The number of rotatable bonds is 3. The molecule has 1 heterocycles. The van der Waals surface area contributed by atoms with Crippen molar-refractivity contribution in [2.24, 2.45) is 4.99 Å². The first kappa shape index (κ1) is 18.8. The van der Waals surface area contributed by atoms with E-state index in [0.717, 1.165) is 0 Å². The fourth-order valence-corrected chi connectivity index (χ4v) is 10.7. The van der Waals surface area contributed by atoms with Crippen LogP contribution in [-0.2, 0) is 0 Å². The van der Waals surface area contributed by atoms with Crippen molar-refractivity contribution in [3.63, 3.8) is 0 Å². The van der Waals surface area contributed by atoms with Crippen molar-refractivity contribution in [3.05, 3.63) is 41.6 Å². The molecule has 1 aromatic carbocycles. The first-order valence-electron chi connectivity index (χ1n) is 9.55. The summed E-state index contributed by atoms with van der Waals surface area (Å²) in [4.78, 5) is 7.27. The third-order valence-corrected chi connectivity index (χ3v) is 12.2. The molecule has 0 aromatic heterocycles. The second-order valence-electron chi connectivity index (χ2n) is 8.48. The monoisotopic (exact) mass is 366 g/mol. The van der Waals surface area contributed by atoms with Gasteiger partial charge in [-0.1, -0.05) is 27.7 Å². The van der Waals surface area contributed by atoms with Crippen LogP contribution < -0.4 is 10.1 Å². The van der Waals surface area contributed by atoms with Crippen molar-refractivity contribution in [2.45, 2.75) is 38.8 Å². The largest absolute Gasteiger partial charge is 0.378 e. The summed E-state index contributed by atoms with van der Waals surface area (Å²) in [6.45, 7) is 9.65. The summed E-state index contributed by atoms with van der Waals surface area (Å²) in [6.07, 6.45) is 6.83. The molecule has 2 aliphatic rings. The van der Waals surface area contributed by atoms with Gasteiger partial charge in [-0.2, -0.15) is 0 Å². The van der Waals surface area contributed by atoms with Gasteiger partial charge >= 0.3 is 0 Å². The van der Waals surface area contributed by atoms with Crippen molar-refractivity contribution in [2.75, 3.05) is 33.1 Å². The van der Waals surface area contributed by atoms with Crippen molar-refractivity contribution in [1.82, 2.24) is 0 Å². The number of fused-ring (bicyclic) bond motifs is 2. The summed E-state index contributed by atoms with van der Waals surface area (Å²) >= 11 is 0. The van der Waals surface area contributed by atoms with E-state index < -0.39 is 8.07 Å². The predicted molar refractivity (Wildman–Crippen MR) is 118 cm³/mol. The molecule has 0 saturated heterocycles. The maximum Gasteiger partial charge on any atom is 0.199 e. The van der Waals surface area contributed by atoms with Gasteiger partial charge < -0.3 is 4.90 Å². The zero-order valence-electron chi connectivity index (χ0n) is 17.5. The van der Waals surface area contributed by atoms with Crippen LogP contribution in [0, 0.1) is 0 Å². The van der Waals surface area contributed by atoms with E-state index >= 15 is 0 Å². The lowest BCUT2D eigenvalue weighted by atomic mass is 10.1. The molecular formula is C22H32N3Si+. The second-order valence-corrected chi connectivity index (χ2v) is 13.6. The van der Waals surface area contributed by atoms with Gasteiger partial charge in [0.2, 0.25) is 0 Å². The SMILES string of the molecule is CC(C)[Si]1(C(C)C)C2=CC(=[N+](C)C)C=CC2=Nc2ccc(N(C)C)cc21. The predicted octanol–water partition coefficient (Wildman–Crippen LogP) is 4.06. The quantitative estimate of drug-likeness (QED) is 0.448. The molecule has 1 aliphatic carbocycles. The van der Waals surface area contributed by atoms with Gasteiger partial charge in [-0.05, 0) is 45.7 Å². The maximum absolute atomic E-state index is 5.07. The lowest BCUT2D eigenvalue weighted by molar-refractivity contribution is -0.462. The van der Waals surface area contributed by atoms with Gasteiger partial charge in [-0.3, -0.25) is 0 Å². The van der Waals surface area contributed by atoms with E-state index in [4.69, 9.17) is 4.99 Å². The summed E-state index contributed by atoms with van der Waals surface area (Å²) in [6, 6.07) is 6.83. The van der Waals surface area contributed by atoms with Crippen LogP contribution in [0.3, 0.4) is 0 Å². The lowest BCUT2D eigenvalue weighted by Crippen LogP contribution is -2.59.